The van der Waals surface area contributed by atoms with Crippen molar-refractivity contribution in [1.82, 2.24) is 19.3 Å². The Hall–Kier alpha value is -1.62. The van der Waals surface area contributed by atoms with Gasteiger partial charge in [0.05, 0.1) is 11.8 Å². The third-order valence-electron chi connectivity index (χ3n) is 4.03. The van der Waals surface area contributed by atoms with E-state index in [1.807, 2.05) is 30.9 Å². The second-order valence-electron chi connectivity index (χ2n) is 5.37. The molecule has 5 heteroatoms. The Labute approximate surface area is 126 Å². The first-order chi connectivity index (χ1) is 10.1. The van der Waals surface area contributed by atoms with Crippen molar-refractivity contribution in [3.63, 3.8) is 0 Å². The van der Waals surface area contributed by atoms with E-state index < -0.39 is 6.10 Å². The normalized spacial score (nSPS) is 12.8. The lowest BCUT2D eigenvalue weighted by Crippen LogP contribution is -2.11. The van der Waals surface area contributed by atoms with Gasteiger partial charge < -0.3 is 9.67 Å². The van der Waals surface area contributed by atoms with E-state index in [9.17, 15) is 5.11 Å². The summed E-state index contributed by atoms with van der Waals surface area (Å²) in [4.78, 5) is 4.36. The number of hydrogen-bond donors (Lipinski definition) is 1. The van der Waals surface area contributed by atoms with Gasteiger partial charge in [-0.3, -0.25) is 4.68 Å². The van der Waals surface area contributed by atoms with Crippen LogP contribution >= 0.6 is 0 Å². The number of rotatable bonds is 7. The van der Waals surface area contributed by atoms with Crippen molar-refractivity contribution in [2.24, 2.45) is 7.05 Å². The van der Waals surface area contributed by atoms with Gasteiger partial charge in [-0.1, -0.05) is 20.8 Å². The Morgan fingerprint density at radius 3 is 2.52 bits per heavy atom. The zero-order valence-electron chi connectivity index (χ0n) is 13.5. The largest absolute Gasteiger partial charge is 0.388 e. The highest BCUT2D eigenvalue weighted by Crippen LogP contribution is 2.26. The molecule has 0 aliphatic rings. The molecule has 0 radical (unpaired) electrons. The van der Waals surface area contributed by atoms with Gasteiger partial charge in [0.2, 0.25) is 0 Å². The standard InChI is InChI=1S/C16H26N4O/c1-5-12-16(14(21)7-3)13(6-2)20(18-12)10-8-15-17-9-11-19(15)4/h9,11,14,21H,5-8,10H2,1-4H3. The minimum atomic E-state index is -0.406. The van der Waals surface area contributed by atoms with Crippen molar-refractivity contribution < 1.29 is 5.11 Å². The van der Waals surface area contributed by atoms with Gasteiger partial charge >= 0.3 is 0 Å². The van der Waals surface area contributed by atoms with Gasteiger partial charge in [-0.2, -0.15) is 5.10 Å². The van der Waals surface area contributed by atoms with E-state index in [-0.39, 0.29) is 0 Å². The van der Waals surface area contributed by atoms with Gasteiger partial charge in [-0.25, -0.2) is 4.98 Å². The fourth-order valence-corrected chi connectivity index (χ4v) is 2.82. The van der Waals surface area contributed by atoms with Crippen LogP contribution in [0.3, 0.4) is 0 Å². The summed E-state index contributed by atoms with van der Waals surface area (Å²) in [7, 11) is 2.01. The molecule has 0 amide bonds. The maximum absolute atomic E-state index is 10.3. The van der Waals surface area contributed by atoms with E-state index >= 15 is 0 Å². The van der Waals surface area contributed by atoms with Crippen LogP contribution in [0.5, 0.6) is 0 Å². The van der Waals surface area contributed by atoms with E-state index in [1.165, 1.54) is 0 Å². The molecule has 2 heterocycles. The monoisotopic (exact) mass is 290 g/mol. The Morgan fingerprint density at radius 2 is 2.00 bits per heavy atom. The van der Waals surface area contributed by atoms with Crippen LogP contribution in [0.4, 0.5) is 0 Å². The fourth-order valence-electron chi connectivity index (χ4n) is 2.82. The van der Waals surface area contributed by atoms with Gasteiger partial charge in [0, 0.05) is 43.7 Å². The van der Waals surface area contributed by atoms with Gasteiger partial charge in [0.1, 0.15) is 5.82 Å². The topological polar surface area (TPSA) is 55.9 Å². The number of imidazole rings is 1. The SMILES string of the molecule is CCc1nn(CCc2nccn2C)c(CC)c1C(O)CC. The van der Waals surface area contributed by atoms with Gasteiger partial charge in [-0.05, 0) is 19.3 Å². The lowest BCUT2D eigenvalue weighted by molar-refractivity contribution is 0.171. The number of nitrogens with zero attached hydrogens (tertiary/aromatic N) is 4. The minimum Gasteiger partial charge on any atom is -0.388 e. The van der Waals surface area contributed by atoms with Crippen LogP contribution in [0, 0.1) is 0 Å². The summed E-state index contributed by atoms with van der Waals surface area (Å²) >= 11 is 0. The molecule has 0 aliphatic heterocycles. The summed E-state index contributed by atoms with van der Waals surface area (Å²) in [5.41, 5.74) is 3.23. The zero-order chi connectivity index (χ0) is 15.4. The molecule has 0 saturated heterocycles. The molecule has 0 fully saturated rings. The lowest BCUT2D eigenvalue weighted by atomic mass is 10.0. The number of aromatic nitrogens is 4. The first-order valence-corrected chi connectivity index (χ1v) is 7.84. The minimum absolute atomic E-state index is 0.406. The van der Waals surface area contributed by atoms with Gasteiger partial charge in [0.15, 0.2) is 0 Å². The second-order valence-corrected chi connectivity index (χ2v) is 5.37. The van der Waals surface area contributed by atoms with Crippen molar-refractivity contribution in [2.75, 3.05) is 0 Å². The van der Waals surface area contributed by atoms with E-state index in [4.69, 9.17) is 5.10 Å². The van der Waals surface area contributed by atoms with Crippen LogP contribution < -0.4 is 0 Å². The van der Waals surface area contributed by atoms with Crippen LogP contribution in [-0.2, 0) is 32.9 Å². The highest BCUT2D eigenvalue weighted by molar-refractivity contribution is 5.29. The summed E-state index contributed by atoms with van der Waals surface area (Å²) in [5, 5.41) is 15.0. The fraction of sp³-hybridized carbons (Fsp3) is 0.625. The quantitative estimate of drug-likeness (QED) is 0.852. The summed E-state index contributed by atoms with van der Waals surface area (Å²) in [6.07, 6.45) is 6.70. The molecule has 2 aromatic rings. The van der Waals surface area contributed by atoms with Crippen molar-refractivity contribution in [3.05, 3.63) is 35.2 Å². The zero-order valence-corrected chi connectivity index (χ0v) is 13.5. The molecule has 1 atom stereocenters. The molecular formula is C16H26N4O. The Bertz CT molecular complexity index is 585. The maximum atomic E-state index is 10.3. The molecule has 1 N–H and O–H groups in total. The molecule has 2 rings (SSSR count). The third kappa shape index (κ3) is 3.18. The average molecular weight is 290 g/mol. The average Bonchev–Trinajstić information content (AvgIpc) is 3.06. The molecule has 0 aromatic carbocycles. The van der Waals surface area contributed by atoms with Crippen molar-refractivity contribution in [3.8, 4) is 0 Å². The van der Waals surface area contributed by atoms with E-state index in [2.05, 4.69) is 23.5 Å². The van der Waals surface area contributed by atoms with Gasteiger partial charge in [-0.15, -0.1) is 0 Å². The summed E-state index contributed by atoms with van der Waals surface area (Å²) < 4.78 is 4.10. The first kappa shape index (κ1) is 15.8. The van der Waals surface area contributed by atoms with Crippen LogP contribution in [0.15, 0.2) is 12.4 Å². The summed E-state index contributed by atoms with van der Waals surface area (Å²) in [6.45, 7) is 7.03. The molecule has 2 aromatic heterocycles. The molecule has 5 nitrogen and oxygen atoms in total. The lowest BCUT2D eigenvalue weighted by Gasteiger charge is -2.11. The number of aliphatic hydroxyl groups is 1. The molecule has 0 spiro atoms. The number of hydrogen-bond acceptors (Lipinski definition) is 3. The smallest absolute Gasteiger partial charge is 0.110 e. The number of aliphatic hydroxyl groups excluding tert-OH is 1. The van der Waals surface area contributed by atoms with E-state index in [0.717, 1.165) is 55.0 Å². The highest BCUT2D eigenvalue weighted by Gasteiger charge is 2.20. The van der Waals surface area contributed by atoms with Gasteiger partial charge in [0.25, 0.3) is 0 Å². The predicted octanol–water partition coefficient (Wildman–Crippen LogP) is 2.43. The molecule has 0 bridgehead atoms. The van der Waals surface area contributed by atoms with Crippen LogP contribution in [0.25, 0.3) is 0 Å². The molecule has 0 aliphatic carbocycles. The Morgan fingerprint density at radius 1 is 1.24 bits per heavy atom. The Kier molecular flexibility index (Phi) is 5.17. The Balaban J connectivity index is 2.26. The van der Waals surface area contributed by atoms with Crippen molar-refractivity contribution in [1.29, 1.82) is 0 Å². The summed E-state index contributed by atoms with van der Waals surface area (Å²) in [6, 6.07) is 0. The van der Waals surface area contributed by atoms with Crippen LogP contribution in [0.2, 0.25) is 0 Å². The van der Waals surface area contributed by atoms with Crippen LogP contribution in [0.1, 0.15) is 56.1 Å². The molecule has 1 unspecified atom stereocenters. The first-order valence-electron chi connectivity index (χ1n) is 7.84. The second kappa shape index (κ2) is 6.89. The maximum Gasteiger partial charge on any atom is 0.110 e. The van der Waals surface area contributed by atoms with E-state index in [1.54, 1.807) is 0 Å². The van der Waals surface area contributed by atoms with E-state index in [0.29, 0.717) is 0 Å². The molecular weight excluding hydrogens is 264 g/mol. The highest BCUT2D eigenvalue weighted by atomic mass is 16.3. The van der Waals surface area contributed by atoms with Crippen molar-refractivity contribution >= 4 is 0 Å². The third-order valence-corrected chi connectivity index (χ3v) is 4.03. The molecule has 21 heavy (non-hydrogen) atoms. The summed E-state index contributed by atoms with van der Waals surface area (Å²) in [5.74, 6) is 1.06. The molecule has 116 valence electrons. The van der Waals surface area contributed by atoms with Crippen molar-refractivity contribution in [2.45, 2.75) is 59.1 Å². The number of aryl methyl sites for hydroxylation is 4. The predicted molar refractivity (Wildman–Crippen MR) is 83.1 cm³/mol. The molecule has 0 saturated carbocycles. The van der Waals surface area contributed by atoms with Crippen LogP contribution in [-0.4, -0.2) is 24.4 Å².